The maximum Gasteiger partial charge on any atom is 0.338 e. The van der Waals surface area contributed by atoms with Gasteiger partial charge in [0.15, 0.2) is 17.1 Å². The van der Waals surface area contributed by atoms with E-state index in [0.29, 0.717) is 51.2 Å². The lowest BCUT2D eigenvalue weighted by Gasteiger charge is -2.16. The number of nitrogens with one attached hydrogen (secondary N) is 1. The number of carbonyl (C=O) groups excluding carboxylic acids is 2. The summed E-state index contributed by atoms with van der Waals surface area (Å²) in [7, 11) is 0. The number of rotatable bonds is 10. The first-order valence-electron chi connectivity index (χ1n) is 10.6. The third-order valence-electron chi connectivity index (χ3n) is 4.64. The molecule has 3 rings (SSSR count). The summed E-state index contributed by atoms with van der Waals surface area (Å²) < 4.78 is 12.8. The number of esters is 1. The first-order chi connectivity index (χ1) is 16.3. The lowest BCUT2D eigenvalue weighted by atomic mass is 10.2. The fourth-order valence-electron chi connectivity index (χ4n) is 3.05. The number of amides is 1. The van der Waals surface area contributed by atoms with E-state index >= 15 is 0 Å². The van der Waals surface area contributed by atoms with Crippen molar-refractivity contribution in [2.45, 2.75) is 38.6 Å². The summed E-state index contributed by atoms with van der Waals surface area (Å²) in [5.74, 6) is 0.633. The first-order valence-corrected chi connectivity index (χ1v) is 12.3. The number of nitrogens with zero attached hydrogens (tertiary/aromatic N) is 3. The lowest BCUT2D eigenvalue weighted by Crippen LogP contribution is -2.15. The fourth-order valence-corrected chi connectivity index (χ4v) is 4.31. The number of halogens is 2. The Kier molecular flexibility index (Phi) is 9.20. The zero-order chi connectivity index (χ0) is 24.7. The minimum Gasteiger partial charge on any atom is -0.481 e. The number of carbonyl (C=O) groups is 2. The molecule has 1 atom stereocenters. The van der Waals surface area contributed by atoms with Crippen LogP contribution in [0.5, 0.6) is 5.75 Å². The second-order valence-electron chi connectivity index (χ2n) is 7.05. The van der Waals surface area contributed by atoms with Crippen LogP contribution in [0.2, 0.25) is 10.0 Å². The van der Waals surface area contributed by atoms with Crippen LogP contribution in [0.1, 0.15) is 43.1 Å². The number of aromatic nitrogens is 3. The summed E-state index contributed by atoms with van der Waals surface area (Å²) in [4.78, 5) is 24.2. The van der Waals surface area contributed by atoms with Crippen molar-refractivity contribution >= 4 is 52.5 Å². The molecule has 1 aromatic heterocycles. The van der Waals surface area contributed by atoms with Crippen molar-refractivity contribution in [3.63, 3.8) is 0 Å². The Morgan fingerprint density at radius 1 is 1.12 bits per heavy atom. The predicted octanol–water partition coefficient (Wildman–Crippen LogP) is 5.65. The average Bonchev–Trinajstić information content (AvgIpc) is 3.23. The van der Waals surface area contributed by atoms with Gasteiger partial charge in [-0.3, -0.25) is 4.79 Å². The highest BCUT2D eigenvalue weighted by atomic mass is 35.5. The second-order valence-corrected chi connectivity index (χ2v) is 8.84. The molecule has 1 amide bonds. The minimum atomic E-state index is -0.424. The molecule has 0 aliphatic heterocycles. The Morgan fingerprint density at radius 2 is 1.85 bits per heavy atom. The van der Waals surface area contributed by atoms with Gasteiger partial charge in [0.05, 0.1) is 22.9 Å². The Morgan fingerprint density at radius 3 is 2.50 bits per heavy atom. The van der Waals surface area contributed by atoms with Gasteiger partial charge in [-0.2, -0.15) is 0 Å². The molecule has 1 heterocycles. The quantitative estimate of drug-likeness (QED) is 0.271. The van der Waals surface area contributed by atoms with Crippen molar-refractivity contribution in [3.05, 3.63) is 63.9 Å². The number of thioether (sulfide) groups is 1. The van der Waals surface area contributed by atoms with Crippen molar-refractivity contribution in [2.24, 2.45) is 0 Å². The normalized spacial score (nSPS) is 11.7. The number of ether oxygens (including phenoxy) is 2. The molecule has 0 saturated heterocycles. The molecule has 1 unspecified atom stereocenters. The number of anilines is 1. The number of benzene rings is 2. The Balaban J connectivity index is 1.59. The average molecular weight is 523 g/mol. The van der Waals surface area contributed by atoms with E-state index < -0.39 is 12.1 Å². The molecule has 0 fully saturated rings. The van der Waals surface area contributed by atoms with E-state index in [1.807, 2.05) is 18.4 Å². The zero-order valence-electron chi connectivity index (χ0n) is 18.9. The predicted molar refractivity (Wildman–Crippen MR) is 133 cm³/mol. The van der Waals surface area contributed by atoms with Gasteiger partial charge in [-0.05, 0) is 63.2 Å². The third-order valence-corrected chi connectivity index (χ3v) is 6.13. The van der Waals surface area contributed by atoms with Gasteiger partial charge in [0, 0.05) is 17.3 Å². The number of hydrogen-bond acceptors (Lipinski definition) is 7. The molecule has 34 heavy (non-hydrogen) atoms. The largest absolute Gasteiger partial charge is 0.481 e. The molecule has 2 aromatic carbocycles. The van der Waals surface area contributed by atoms with Crippen molar-refractivity contribution in [1.82, 2.24) is 14.8 Å². The molecule has 8 nitrogen and oxygen atoms in total. The fraction of sp³-hybridized carbons (Fsp3) is 0.304. The van der Waals surface area contributed by atoms with Gasteiger partial charge in [0.1, 0.15) is 5.75 Å². The Hall–Kier alpha value is -2.75. The summed E-state index contributed by atoms with van der Waals surface area (Å²) in [5, 5.41) is 12.8. The molecule has 3 aromatic rings. The van der Waals surface area contributed by atoms with Crippen LogP contribution < -0.4 is 10.1 Å². The molecule has 180 valence electrons. The van der Waals surface area contributed by atoms with Gasteiger partial charge in [0.2, 0.25) is 5.91 Å². The Labute approximate surface area is 211 Å². The molecule has 0 spiro atoms. The minimum absolute atomic E-state index is 0.135. The molecule has 0 radical (unpaired) electrons. The molecule has 0 aliphatic rings. The first kappa shape index (κ1) is 25.9. The van der Waals surface area contributed by atoms with Crippen molar-refractivity contribution in [1.29, 1.82) is 0 Å². The second kappa shape index (κ2) is 12.1. The van der Waals surface area contributed by atoms with E-state index in [1.165, 1.54) is 11.8 Å². The van der Waals surface area contributed by atoms with E-state index in [9.17, 15) is 9.59 Å². The molecular weight excluding hydrogens is 499 g/mol. The molecular formula is C23H24Cl2N4O4S. The smallest absolute Gasteiger partial charge is 0.338 e. The van der Waals surface area contributed by atoms with Gasteiger partial charge in [-0.1, -0.05) is 35.0 Å². The summed E-state index contributed by atoms with van der Waals surface area (Å²) >= 11 is 13.4. The zero-order valence-corrected chi connectivity index (χ0v) is 21.2. The van der Waals surface area contributed by atoms with Crippen LogP contribution >= 0.6 is 35.0 Å². The molecule has 0 bridgehead atoms. The summed E-state index contributed by atoms with van der Waals surface area (Å²) in [6.45, 7) is 6.46. The summed E-state index contributed by atoms with van der Waals surface area (Å²) in [6, 6.07) is 11.5. The van der Waals surface area contributed by atoms with Gasteiger partial charge in [-0.25, -0.2) is 4.79 Å². The van der Waals surface area contributed by atoms with Gasteiger partial charge in [0.25, 0.3) is 0 Å². The van der Waals surface area contributed by atoms with Gasteiger partial charge in [-0.15, -0.1) is 10.2 Å². The third kappa shape index (κ3) is 6.65. The van der Waals surface area contributed by atoms with E-state index in [1.54, 1.807) is 49.4 Å². The highest BCUT2D eigenvalue weighted by Crippen LogP contribution is 2.31. The molecule has 0 saturated carbocycles. The van der Waals surface area contributed by atoms with E-state index in [4.69, 9.17) is 32.7 Å². The lowest BCUT2D eigenvalue weighted by molar-refractivity contribution is -0.113. The topological polar surface area (TPSA) is 95.3 Å². The van der Waals surface area contributed by atoms with Crippen molar-refractivity contribution < 1.29 is 19.1 Å². The van der Waals surface area contributed by atoms with E-state index in [0.717, 1.165) is 0 Å². The van der Waals surface area contributed by atoms with Gasteiger partial charge >= 0.3 is 5.97 Å². The SMILES string of the molecule is CCOC(=O)c1ccc(NC(=O)CSc2nnc(C(C)Oc3ccc(Cl)cc3Cl)n2CC)cc1. The standard InChI is InChI=1S/C23H24Cl2N4O4S/c1-4-29-21(14(3)33-19-11-8-16(24)12-18(19)25)27-28-23(29)34-13-20(30)26-17-9-6-15(7-10-17)22(31)32-5-2/h6-12,14H,4-5,13H2,1-3H3,(H,26,30). The van der Waals surface area contributed by atoms with E-state index in [2.05, 4.69) is 15.5 Å². The summed E-state index contributed by atoms with van der Waals surface area (Å²) in [5.41, 5.74) is 1.01. The maximum absolute atomic E-state index is 12.4. The van der Waals surface area contributed by atoms with Crippen LogP contribution in [0.15, 0.2) is 47.6 Å². The highest BCUT2D eigenvalue weighted by molar-refractivity contribution is 7.99. The van der Waals surface area contributed by atoms with Crippen molar-refractivity contribution in [3.8, 4) is 5.75 Å². The van der Waals surface area contributed by atoms with Crippen LogP contribution in [0.3, 0.4) is 0 Å². The number of hydrogen-bond donors (Lipinski definition) is 1. The summed E-state index contributed by atoms with van der Waals surface area (Å²) in [6.07, 6.45) is -0.424. The van der Waals surface area contributed by atoms with E-state index in [-0.39, 0.29) is 11.7 Å². The van der Waals surface area contributed by atoms with Crippen LogP contribution in [-0.2, 0) is 16.1 Å². The van der Waals surface area contributed by atoms with Gasteiger partial charge < -0.3 is 19.4 Å². The van der Waals surface area contributed by atoms with Crippen LogP contribution in [0.4, 0.5) is 5.69 Å². The monoisotopic (exact) mass is 522 g/mol. The van der Waals surface area contributed by atoms with Crippen LogP contribution in [-0.4, -0.2) is 39.0 Å². The highest BCUT2D eigenvalue weighted by Gasteiger charge is 2.20. The Bertz CT molecular complexity index is 1150. The van der Waals surface area contributed by atoms with Crippen LogP contribution in [0.25, 0.3) is 0 Å². The molecule has 11 heteroatoms. The molecule has 1 N–H and O–H groups in total. The maximum atomic E-state index is 12.4. The van der Waals surface area contributed by atoms with Crippen molar-refractivity contribution in [2.75, 3.05) is 17.7 Å². The molecule has 0 aliphatic carbocycles. The van der Waals surface area contributed by atoms with Crippen LogP contribution in [0, 0.1) is 0 Å².